The van der Waals surface area contributed by atoms with Crippen LogP contribution < -0.4 is 5.32 Å². The summed E-state index contributed by atoms with van der Waals surface area (Å²) in [5.41, 5.74) is -0.913. The Balaban J connectivity index is 2.01. The lowest BCUT2D eigenvalue weighted by molar-refractivity contribution is -0.141. The first-order valence-electron chi connectivity index (χ1n) is 5.67. The Kier molecular flexibility index (Phi) is 3.70. The fourth-order valence-electron chi connectivity index (χ4n) is 1.84. The number of nitrogens with one attached hydrogen (secondary N) is 1. The van der Waals surface area contributed by atoms with Crippen molar-refractivity contribution in [3.8, 4) is 0 Å². The second-order valence-electron chi connectivity index (χ2n) is 4.52. The van der Waals surface area contributed by atoms with Crippen molar-refractivity contribution in [2.24, 2.45) is 0 Å². The van der Waals surface area contributed by atoms with Crippen LogP contribution in [0.5, 0.6) is 0 Å². The summed E-state index contributed by atoms with van der Waals surface area (Å²) in [6, 6.07) is 0.872. The second kappa shape index (κ2) is 4.95. The summed E-state index contributed by atoms with van der Waals surface area (Å²) in [7, 11) is 0. The van der Waals surface area contributed by atoms with Crippen LogP contribution in [0, 0.1) is 0 Å². The van der Waals surface area contributed by atoms with Crippen molar-refractivity contribution >= 4 is 17.7 Å². The highest BCUT2D eigenvalue weighted by Crippen LogP contribution is 2.37. The van der Waals surface area contributed by atoms with E-state index in [-0.39, 0.29) is 10.7 Å². The summed E-state index contributed by atoms with van der Waals surface area (Å²) in [5.74, 6) is 1.14. The topological polar surface area (TPSA) is 37.8 Å². The lowest BCUT2D eigenvalue weighted by Gasteiger charge is -2.22. The fraction of sp³-hybridized carbons (Fsp3) is 0.636. The van der Waals surface area contributed by atoms with Crippen molar-refractivity contribution in [2.45, 2.75) is 30.7 Å². The molecule has 2 heterocycles. The molecule has 7 heteroatoms. The van der Waals surface area contributed by atoms with E-state index in [0.717, 1.165) is 30.9 Å². The van der Waals surface area contributed by atoms with Gasteiger partial charge in [-0.05, 0) is 31.6 Å². The van der Waals surface area contributed by atoms with Crippen LogP contribution in [0.4, 0.5) is 19.1 Å². The molecule has 1 atom stereocenters. The highest BCUT2D eigenvalue weighted by Gasteiger charge is 2.33. The van der Waals surface area contributed by atoms with Gasteiger partial charge in [-0.15, -0.1) is 0 Å². The molecule has 1 aromatic rings. The van der Waals surface area contributed by atoms with Gasteiger partial charge in [0.1, 0.15) is 5.69 Å². The van der Waals surface area contributed by atoms with Gasteiger partial charge in [0.2, 0.25) is 5.95 Å². The van der Waals surface area contributed by atoms with Crippen LogP contribution in [-0.2, 0) is 6.18 Å². The molecule has 0 aromatic carbocycles. The van der Waals surface area contributed by atoms with Gasteiger partial charge in [-0.3, -0.25) is 0 Å². The molecule has 1 saturated heterocycles. The Labute approximate surface area is 108 Å². The summed E-state index contributed by atoms with van der Waals surface area (Å²) in [6.07, 6.45) is -1.09. The van der Waals surface area contributed by atoms with Gasteiger partial charge in [0.05, 0.1) is 0 Å². The van der Waals surface area contributed by atoms with E-state index in [9.17, 15) is 13.2 Å². The van der Waals surface area contributed by atoms with E-state index in [1.807, 2.05) is 11.8 Å². The van der Waals surface area contributed by atoms with Crippen LogP contribution in [0.1, 0.15) is 25.5 Å². The lowest BCUT2D eigenvalue weighted by Crippen LogP contribution is -2.28. The molecular formula is C11H14F3N3S. The Morgan fingerprint density at radius 3 is 2.89 bits per heavy atom. The zero-order chi connectivity index (χ0) is 13.2. The number of nitrogens with zero attached hydrogens (tertiary/aromatic N) is 2. The molecule has 0 bridgehead atoms. The number of alkyl halides is 3. The van der Waals surface area contributed by atoms with Crippen LogP contribution in [0.25, 0.3) is 0 Å². The molecule has 1 unspecified atom stereocenters. The number of hydrogen-bond acceptors (Lipinski definition) is 4. The van der Waals surface area contributed by atoms with Gasteiger partial charge in [-0.1, -0.05) is 0 Å². The number of aromatic nitrogens is 2. The first kappa shape index (κ1) is 13.5. The number of halogens is 3. The number of anilines is 1. The van der Waals surface area contributed by atoms with E-state index >= 15 is 0 Å². The maximum absolute atomic E-state index is 12.5. The van der Waals surface area contributed by atoms with Crippen LogP contribution in [0.2, 0.25) is 0 Å². The zero-order valence-electron chi connectivity index (χ0n) is 9.92. The van der Waals surface area contributed by atoms with Crippen molar-refractivity contribution in [1.29, 1.82) is 0 Å². The lowest BCUT2D eigenvalue weighted by atomic mass is 10.1. The van der Waals surface area contributed by atoms with Gasteiger partial charge in [0.25, 0.3) is 0 Å². The van der Waals surface area contributed by atoms with Crippen LogP contribution >= 0.6 is 11.8 Å². The molecular weight excluding hydrogens is 263 g/mol. The maximum atomic E-state index is 12.5. The van der Waals surface area contributed by atoms with Crippen molar-refractivity contribution in [2.75, 3.05) is 17.6 Å². The quantitative estimate of drug-likeness (QED) is 0.920. The molecule has 0 spiro atoms. The van der Waals surface area contributed by atoms with Crippen molar-refractivity contribution in [3.63, 3.8) is 0 Å². The predicted octanol–water partition coefficient (Wildman–Crippen LogP) is 3.19. The molecule has 0 saturated carbocycles. The van der Waals surface area contributed by atoms with E-state index in [0.29, 0.717) is 6.54 Å². The minimum absolute atomic E-state index is 0.0403. The van der Waals surface area contributed by atoms with Crippen molar-refractivity contribution < 1.29 is 13.2 Å². The van der Waals surface area contributed by atoms with Gasteiger partial charge >= 0.3 is 6.18 Å². The molecule has 1 aromatic heterocycles. The summed E-state index contributed by atoms with van der Waals surface area (Å²) in [5, 5.41) is 2.90. The van der Waals surface area contributed by atoms with Crippen LogP contribution in [0.15, 0.2) is 12.3 Å². The third-order valence-electron chi connectivity index (χ3n) is 2.87. The Morgan fingerprint density at radius 1 is 1.50 bits per heavy atom. The third-order valence-corrected chi connectivity index (χ3v) is 4.41. The summed E-state index contributed by atoms with van der Waals surface area (Å²) < 4.78 is 37.5. The molecule has 0 aliphatic carbocycles. The number of rotatable bonds is 3. The Morgan fingerprint density at radius 2 is 2.28 bits per heavy atom. The molecule has 0 amide bonds. The smallest absolute Gasteiger partial charge is 0.353 e. The van der Waals surface area contributed by atoms with Crippen molar-refractivity contribution in [3.05, 3.63) is 18.0 Å². The molecule has 1 fully saturated rings. The maximum Gasteiger partial charge on any atom is 0.433 e. The molecule has 2 rings (SSSR count). The molecule has 0 radical (unpaired) electrons. The minimum Gasteiger partial charge on any atom is -0.353 e. The number of hydrogen-bond donors (Lipinski definition) is 1. The molecule has 1 N–H and O–H groups in total. The molecule has 3 nitrogen and oxygen atoms in total. The largest absolute Gasteiger partial charge is 0.433 e. The Bertz CT molecular complexity index is 416. The first-order valence-corrected chi connectivity index (χ1v) is 6.66. The zero-order valence-corrected chi connectivity index (χ0v) is 10.7. The minimum atomic E-state index is -4.43. The van der Waals surface area contributed by atoms with Gasteiger partial charge in [0, 0.05) is 17.5 Å². The molecule has 100 valence electrons. The van der Waals surface area contributed by atoms with Gasteiger partial charge in [-0.25, -0.2) is 9.97 Å². The average Bonchev–Trinajstić information content (AvgIpc) is 2.74. The first-order chi connectivity index (χ1) is 8.39. The third kappa shape index (κ3) is 3.28. The summed E-state index contributed by atoms with van der Waals surface area (Å²) >= 11 is 1.83. The predicted molar refractivity (Wildman–Crippen MR) is 65.6 cm³/mol. The summed E-state index contributed by atoms with van der Waals surface area (Å²) in [4.78, 5) is 7.29. The second-order valence-corrected chi connectivity index (χ2v) is 6.20. The SMILES string of the molecule is CC1(CNc2nccc(C(F)(F)F)n2)CCCS1. The van der Waals surface area contributed by atoms with E-state index in [2.05, 4.69) is 22.2 Å². The number of thioether (sulfide) groups is 1. The average molecular weight is 277 g/mol. The fourth-order valence-corrected chi connectivity index (χ4v) is 3.09. The molecule has 1 aliphatic heterocycles. The van der Waals surface area contributed by atoms with E-state index < -0.39 is 11.9 Å². The highest BCUT2D eigenvalue weighted by molar-refractivity contribution is 8.00. The molecule has 18 heavy (non-hydrogen) atoms. The monoisotopic (exact) mass is 277 g/mol. The summed E-state index contributed by atoms with van der Waals surface area (Å²) in [6.45, 7) is 2.68. The van der Waals surface area contributed by atoms with Crippen LogP contribution in [-0.4, -0.2) is 27.0 Å². The van der Waals surface area contributed by atoms with Crippen LogP contribution in [0.3, 0.4) is 0 Å². The van der Waals surface area contributed by atoms with Gasteiger partial charge in [0.15, 0.2) is 0 Å². The highest BCUT2D eigenvalue weighted by atomic mass is 32.2. The van der Waals surface area contributed by atoms with E-state index in [4.69, 9.17) is 0 Å². The van der Waals surface area contributed by atoms with E-state index in [1.54, 1.807) is 0 Å². The standard InChI is InChI=1S/C11H14F3N3S/c1-10(4-2-6-18-10)7-16-9-15-5-3-8(17-9)11(12,13)14/h3,5H,2,4,6-7H2,1H3,(H,15,16,17). The Hall–Kier alpha value is -0.980. The van der Waals surface area contributed by atoms with Gasteiger partial charge < -0.3 is 5.32 Å². The van der Waals surface area contributed by atoms with Crippen molar-refractivity contribution in [1.82, 2.24) is 9.97 Å². The molecule has 1 aliphatic rings. The normalized spacial score (nSPS) is 24.2. The van der Waals surface area contributed by atoms with E-state index in [1.165, 1.54) is 0 Å². The van der Waals surface area contributed by atoms with Gasteiger partial charge in [-0.2, -0.15) is 24.9 Å².